The number of hydrogen-bond donors (Lipinski definition) is 2. The average molecular weight is 716 g/mol. The van der Waals surface area contributed by atoms with Crippen molar-refractivity contribution < 1.29 is 14.0 Å². The van der Waals surface area contributed by atoms with Crippen molar-refractivity contribution in [3.8, 4) is 5.75 Å². The third-order valence-electron chi connectivity index (χ3n) is 8.27. The van der Waals surface area contributed by atoms with Crippen LogP contribution in [0.1, 0.15) is 19.8 Å². The molecule has 2 aromatic carbocycles. The summed E-state index contributed by atoms with van der Waals surface area (Å²) in [5.74, 6) is 1.34. The standard InChI is InChI=1S/C31H37BrClN8O3P/c1-5-44-20-17-41(18-20)19-8-12-40(13-9-19)26-15-27(43-2)25(14-21(26)32)38-31-36-16-22(33)30(39-31)37-24-7-6-23-28(35-11-10-34-23)29(24)45(3,4)42/h6-7,10-11,14-16,19-20H,5,8-9,12-13,17-18H2,1-4H3,(H2,36,37,38,39). The fourth-order valence-corrected chi connectivity index (χ4v) is 8.19. The van der Waals surface area contributed by atoms with E-state index in [2.05, 4.69) is 63.2 Å². The molecule has 0 spiro atoms. The molecule has 0 unspecified atom stereocenters. The second-order valence-electron chi connectivity index (χ2n) is 11.6. The van der Waals surface area contributed by atoms with Crippen LogP contribution < -0.4 is 25.6 Å². The zero-order valence-electron chi connectivity index (χ0n) is 25.8. The van der Waals surface area contributed by atoms with Gasteiger partial charge in [-0.1, -0.05) is 11.6 Å². The Bertz CT molecular complexity index is 1740. The number of hydrogen-bond acceptors (Lipinski definition) is 11. The predicted molar refractivity (Wildman–Crippen MR) is 185 cm³/mol. The summed E-state index contributed by atoms with van der Waals surface area (Å²) in [5.41, 5.74) is 3.62. The molecule has 0 bridgehead atoms. The van der Waals surface area contributed by atoms with Gasteiger partial charge in [-0.15, -0.1) is 0 Å². The number of nitrogens with one attached hydrogen (secondary N) is 2. The number of rotatable bonds is 10. The highest BCUT2D eigenvalue weighted by Crippen LogP contribution is 2.42. The monoisotopic (exact) mass is 714 g/mol. The van der Waals surface area contributed by atoms with Crippen molar-refractivity contribution in [2.45, 2.75) is 31.9 Å². The quantitative estimate of drug-likeness (QED) is 0.181. The summed E-state index contributed by atoms with van der Waals surface area (Å²) in [6, 6.07) is 8.27. The van der Waals surface area contributed by atoms with Crippen molar-refractivity contribution in [1.29, 1.82) is 0 Å². The number of anilines is 5. The van der Waals surface area contributed by atoms with Crippen LogP contribution in [-0.4, -0.2) is 90.2 Å². The van der Waals surface area contributed by atoms with Gasteiger partial charge in [-0.2, -0.15) is 4.98 Å². The van der Waals surface area contributed by atoms with Crippen molar-refractivity contribution in [2.75, 3.05) is 68.8 Å². The second-order valence-corrected chi connectivity index (χ2v) is 16.0. The SMILES string of the molecule is CCOC1CN(C2CCN(c3cc(OC)c(Nc4ncc(Cl)c(Nc5ccc6nccnc6c5P(C)(C)=O)n4)cc3Br)CC2)C1. The summed E-state index contributed by atoms with van der Waals surface area (Å²) in [4.78, 5) is 22.8. The van der Waals surface area contributed by atoms with Crippen LogP contribution in [0.3, 0.4) is 0 Å². The minimum Gasteiger partial charge on any atom is -0.494 e. The molecule has 2 N–H and O–H groups in total. The van der Waals surface area contributed by atoms with Crippen molar-refractivity contribution >= 4 is 79.8 Å². The molecule has 4 heterocycles. The number of nitrogens with zero attached hydrogens (tertiary/aromatic N) is 6. The number of piperidine rings is 1. The van der Waals surface area contributed by atoms with E-state index in [0.717, 1.165) is 55.8 Å². The van der Waals surface area contributed by atoms with E-state index in [4.69, 9.17) is 21.1 Å². The molecule has 0 aliphatic carbocycles. The third kappa shape index (κ3) is 6.90. The number of ether oxygens (including phenoxy) is 2. The van der Waals surface area contributed by atoms with Crippen molar-refractivity contribution in [3.05, 3.63) is 52.4 Å². The molecule has 6 rings (SSSR count). The Morgan fingerprint density at radius 1 is 1.07 bits per heavy atom. The van der Waals surface area contributed by atoms with E-state index in [1.807, 2.05) is 24.3 Å². The normalized spacial score (nSPS) is 16.5. The fraction of sp³-hybridized carbons (Fsp3) is 0.419. The van der Waals surface area contributed by atoms with E-state index in [0.29, 0.717) is 62.4 Å². The first-order chi connectivity index (χ1) is 21.6. The molecule has 45 heavy (non-hydrogen) atoms. The molecule has 0 radical (unpaired) electrons. The summed E-state index contributed by atoms with van der Waals surface area (Å²) in [5, 5.41) is 7.45. The van der Waals surface area contributed by atoms with Gasteiger partial charge < -0.3 is 29.6 Å². The van der Waals surface area contributed by atoms with Gasteiger partial charge in [0.2, 0.25) is 5.95 Å². The minimum atomic E-state index is -2.77. The minimum absolute atomic E-state index is 0.311. The molecule has 4 aromatic rings. The van der Waals surface area contributed by atoms with Crippen molar-refractivity contribution in [3.63, 3.8) is 0 Å². The molecule has 2 aliphatic heterocycles. The molecule has 0 atom stereocenters. The first-order valence-electron chi connectivity index (χ1n) is 15.0. The maximum atomic E-state index is 13.4. The first-order valence-corrected chi connectivity index (χ1v) is 18.8. The van der Waals surface area contributed by atoms with Crippen LogP contribution in [0.25, 0.3) is 11.0 Å². The van der Waals surface area contributed by atoms with Gasteiger partial charge >= 0.3 is 0 Å². The molecule has 238 valence electrons. The fourth-order valence-electron chi connectivity index (χ4n) is 6.06. The van der Waals surface area contributed by atoms with Crippen molar-refractivity contribution in [1.82, 2.24) is 24.8 Å². The maximum absolute atomic E-state index is 13.4. The van der Waals surface area contributed by atoms with Gasteiger partial charge in [-0.3, -0.25) is 14.9 Å². The zero-order valence-corrected chi connectivity index (χ0v) is 29.0. The lowest BCUT2D eigenvalue weighted by atomic mass is 9.98. The van der Waals surface area contributed by atoms with Gasteiger partial charge in [0.15, 0.2) is 5.82 Å². The number of aromatic nitrogens is 4. The van der Waals surface area contributed by atoms with E-state index < -0.39 is 7.14 Å². The molecule has 2 fully saturated rings. The van der Waals surface area contributed by atoms with Gasteiger partial charge in [0.05, 0.1) is 47.3 Å². The number of fused-ring (bicyclic) bond motifs is 1. The number of halogens is 2. The van der Waals surface area contributed by atoms with Gasteiger partial charge in [0.25, 0.3) is 0 Å². The maximum Gasteiger partial charge on any atom is 0.229 e. The highest BCUT2D eigenvalue weighted by atomic mass is 79.9. The van der Waals surface area contributed by atoms with Crippen LogP contribution in [0.5, 0.6) is 5.75 Å². The van der Waals surface area contributed by atoms with Crippen LogP contribution >= 0.6 is 34.7 Å². The number of methoxy groups -OCH3 is 1. The largest absolute Gasteiger partial charge is 0.494 e. The van der Waals surface area contributed by atoms with E-state index in [1.54, 1.807) is 32.8 Å². The Balaban J connectivity index is 1.19. The summed E-state index contributed by atoms with van der Waals surface area (Å²) in [7, 11) is -1.12. The van der Waals surface area contributed by atoms with Gasteiger partial charge in [0.1, 0.15) is 23.4 Å². The molecule has 0 saturated carbocycles. The molecule has 14 heteroatoms. The van der Waals surface area contributed by atoms with Crippen LogP contribution in [0, 0.1) is 0 Å². The van der Waals surface area contributed by atoms with E-state index in [1.165, 1.54) is 6.20 Å². The summed E-state index contributed by atoms with van der Waals surface area (Å²) >= 11 is 10.3. The van der Waals surface area contributed by atoms with Gasteiger partial charge in [0, 0.05) is 61.8 Å². The van der Waals surface area contributed by atoms with Crippen molar-refractivity contribution in [2.24, 2.45) is 0 Å². The first kappa shape index (κ1) is 31.9. The molecule has 2 saturated heterocycles. The highest BCUT2D eigenvalue weighted by molar-refractivity contribution is 9.10. The summed E-state index contributed by atoms with van der Waals surface area (Å²) < 4.78 is 25.8. The van der Waals surface area contributed by atoms with Gasteiger partial charge in [-0.05, 0) is 67.2 Å². The molecule has 2 aliphatic rings. The summed E-state index contributed by atoms with van der Waals surface area (Å²) in [6.07, 6.45) is 7.34. The lowest BCUT2D eigenvalue weighted by Crippen LogP contribution is -2.58. The summed E-state index contributed by atoms with van der Waals surface area (Å²) in [6.45, 7) is 10.3. The molecule has 0 amide bonds. The Hall–Kier alpha value is -3.02. The lowest BCUT2D eigenvalue weighted by molar-refractivity contribution is -0.0712. The molecule has 11 nitrogen and oxygen atoms in total. The molecule has 2 aromatic heterocycles. The number of benzene rings is 2. The van der Waals surface area contributed by atoms with Crippen LogP contribution in [0.4, 0.5) is 28.8 Å². The lowest BCUT2D eigenvalue weighted by Gasteiger charge is -2.47. The molecular weight excluding hydrogens is 679 g/mol. The zero-order chi connectivity index (χ0) is 31.7. The number of likely N-dealkylation sites (tertiary alicyclic amines) is 1. The predicted octanol–water partition coefficient (Wildman–Crippen LogP) is 6.27. The van der Waals surface area contributed by atoms with Gasteiger partial charge in [-0.25, -0.2) is 4.98 Å². The Labute approximate surface area is 276 Å². The Kier molecular flexibility index (Phi) is 9.49. The van der Waals surface area contributed by atoms with Crippen LogP contribution in [0.15, 0.2) is 47.3 Å². The topological polar surface area (TPSA) is 118 Å². The molecular formula is C31H37BrClN8O3P. The van der Waals surface area contributed by atoms with E-state index in [-0.39, 0.29) is 0 Å². The smallest absolute Gasteiger partial charge is 0.229 e. The van der Waals surface area contributed by atoms with E-state index >= 15 is 0 Å². The average Bonchev–Trinajstić information content (AvgIpc) is 3.00. The third-order valence-corrected chi connectivity index (χ3v) is 10.7. The van der Waals surface area contributed by atoms with Crippen LogP contribution in [0.2, 0.25) is 5.02 Å². The highest BCUT2D eigenvalue weighted by Gasteiger charge is 2.35. The van der Waals surface area contributed by atoms with Crippen LogP contribution in [-0.2, 0) is 9.30 Å². The van der Waals surface area contributed by atoms with E-state index in [9.17, 15) is 4.57 Å². The Morgan fingerprint density at radius 2 is 1.82 bits per heavy atom. The Morgan fingerprint density at radius 3 is 2.53 bits per heavy atom. The second kappa shape index (κ2) is 13.4.